The molecule has 0 unspecified atom stereocenters. The number of hydrogen-bond donors (Lipinski definition) is 1. The Morgan fingerprint density at radius 3 is 2.03 bits per heavy atom. The fourth-order valence-electron chi connectivity index (χ4n) is 3.83. The molecule has 0 spiro atoms. The van der Waals surface area contributed by atoms with E-state index in [1.807, 2.05) is 42.5 Å². The van der Waals surface area contributed by atoms with Crippen molar-refractivity contribution in [2.45, 2.75) is 13.8 Å². The maximum Gasteiger partial charge on any atom is 0.282 e. The Labute approximate surface area is 186 Å². The van der Waals surface area contributed by atoms with E-state index in [9.17, 15) is 14.0 Å². The van der Waals surface area contributed by atoms with Crippen LogP contribution in [0.2, 0.25) is 0 Å². The van der Waals surface area contributed by atoms with Gasteiger partial charge in [0.1, 0.15) is 11.5 Å². The minimum atomic E-state index is -0.478. The molecule has 0 bridgehead atoms. The first-order valence-electron chi connectivity index (χ1n) is 10.6. The summed E-state index contributed by atoms with van der Waals surface area (Å²) in [6.45, 7) is 5.98. The quantitative estimate of drug-likeness (QED) is 0.533. The van der Waals surface area contributed by atoms with E-state index in [0.717, 1.165) is 23.7 Å². The predicted octanol–water partition coefficient (Wildman–Crippen LogP) is 5.07. The van der Waals surface area contributed by atoms with E-state index in [2.05, 4.69) is 24.1 Å². The second-order valence-electron chi connectivity index (χ2n) is 7.38. The van der Waals surface area contributed by atoms with Crippen LogP contribution in [0.3, 0.4) is 0 Å². The maximum absolute atomic E-state index is 13.4. The molecule has 3 aromatic carbocycles. The van der Waals surface area contributed by atoms with E-state index in [-0.39, 0.29) is 11.3 Å². The fourth-order valence-corrected chi connectivity index (χ4v) is 3.83. The lowest BCUT2D eigenvalue weighted by molar-refractivity contribution is -0.120. The standard InChI is InChI=1S/C26H24FN3O2/c1-3-29(4-2)21-16-12-20(13-17-21)28-24-23(18-8-6-5-7-9-18)25(31)30(26(24)32)22-14-10-19(27)11-15-22/h5-17,28H,3-4H2,1-2H3. The Bertz CT molecular complexity index is 1150. The number of halogens is 1. The molecule has 4 rings (SSSR count). The molecule has 0 saturated heterocycles. The van der Waals surface area contributed by atoms with Crippen LogP contribution in [-0.4, -0.2) is 24.9 Å². The van der Waals surface area contributed by atoms with Crippen LogP contribution in [0.4, 0.5) is 21.5 Å². The lowest BCUT2D eigenvalue weighted by Crippen LogP contribution is -2.32. The third-order valence-corrected chi connectivity index (χ3v) is 5.50. The van der Waals surface area contributed by atoms with Crippen LogP contribution in [0.1, 0.15) is 19.4 Å². The number of nitrogens with one attached hydrogen (secondary N) is 1. The van der Waals surface area contributed by atoms with Gasteiger partial charge in [-0.05, 0) is 67.9 Å². The molecule has 0 radical (unpaired) electrons. The van der Waals surface area contributed by atoms with E-state index in [1.54, 1.807) is 12.1 Å². The van der Waals surface area contributed by atoms with Gasteiger partial charge in [-0.3, -0.25) is 9.59 Å². The van der Waals surface area contributed by atoms with Gasteiger partial charge in [0.15, 0.2) is 0 Å². The third-order valence-electron chi connectivity index (χ3n) is 5.50. The summed E-state index contributed by atoms with van der Waals surface area (Å²) in [7, 11) is 0. The highest BCUT2D eigenvalue weighted by Gasteiger charge is 2.40. The summed E-state index contributed by atoms with van der Waals surface area (Å²) in [6, 6.07) is 22.1. The van der Waals surface area contributed by atoms with Crippen molar-refractivity contribution in [3.63, 3.8) is 0 Å². The minimum Gasteiger partial charge on any atom is -0.372 e. The molecule has 0 aliphatic carbocycles. The van der Waals surface area contributed by atoms with Crippen LogP contribution in [0.25, 0.3) is 5.57 Å². The van der Waals surface area contributed by atoms with Gasteiger partial charge in [0.2, 0.25) is 0 Å². The van der Waals surface area contributed by atoms with Crippen molar-refractivity contribution in [1.29, 1.82) is 0 Å². The molecule has 6 heteroatoms. The van der Waals surface area contributed by atoms with Crippen LogP contribution in [0.15, 0.2) is 84.6 Å². The molecule has 0 aromatic heterocycles. The Morgan fingerprint density at radius 2 is 1.44 bits per heavy atom. The topological polar surface area (TPSA) is 52.7 Å². The number of carbonyl (C=O) groups excluding carboxylic acids is 2. The number of benzene rings is 3. The van der Waals surface area contributed by atoms with Crippen LogP contribution in [0, 0.1) is 5.82 Å². The van der Waals surface area contributed by atoms with E-state index in [0.29, 0.717) is 16.9 Å². The van der Waals surface area contributed by atoms with Crippen LogP contribution in [0.5, 0.6) is 0 Å². The molecule has 3 aromatic rings. The zero-order chi connectivity index (χ0) is 22.7. The molecule has 5 nitrogen and oxygen atoms in total. The van der Waals surface area contributed by atoms with E-state index in [1.165, 1.54) is 24.3 Å². The SMILES string of the molecule is CCN(CC)c1ccc(NC2=C(c3ccccc3)C(=O)N(c3ccc(F)cc3)C2=O)cc1. The summed E-state index contributed by atoms with van der Waals surface area (Å²) >= 11 is 0. The van der Waals surface area contributed by atoms with Gasteiger partial charge < -0.3 is 10.2 Å². The molecule has 1 heterocycles. The van der Waals surface area contributed by atoms with Crippen molar-refractivity contribution in [3.05, 3.63) is 95.9 Å². The molecular formula is C26H24FN3O2. The van der Waals surface area contributed by atoms with Gasteiger partial charge in [-0.25, -0.2) is 9.29 Å². The van der Waals surface area contributed by atoms with Crippen LogP contribution < -0.4 is 15.1 Å². The summed E-state index contributed by atoms with van der Waals surface area (Å²) in [5, 5.41) is 3.16. The Kier molecular flexibility index (Phi) is 6.03. The normalized spacial score (nSPS) is 13.7. The smallest absolute Gasteiger partial charge is 0.282 e. The number of hydrogen-bond acceptors (Lipinski definition) is 4. The second-order valence-corrected chi connectivity index (χ2v) is 7.38. The zero-order valence-corrected chi connectivity index (χ0v) is 18.0. The number of imide groups is 1. The van der Waals surface area contributed by atoms with E-state index >= 15 is 0 Å². The van der Waals surface area contributed by atoms with Gasteiger partial charge in [0.05, 0.1) is 11.3 Å². The lowest BCUT2D eigenvalue weighted by atomic mass is 10.0. The second kappa shape index (κ2) is 9.06. The first-order valence-corrected chi connectivity index (χ1v) is 10.6. The molecule has 1 aliphatic heterocycles. The van der Waals surface area contributed by atoms with E-state index < -0.39 is 17.6 Å². The average molecular weight is 429 g/mol. The van der Waals surface area contributed by atoms with Gasteiger partial charge in [0.25, 0.3) is 11.8 Å². The summed E-state index contributed by atoms with van der Waals surface area (Å²) in [6.07, 6.45) is 0. The molecule has 162 valence electrons. The van der Waals surface area contributed by atoms with E-state index in [4.69, 9.17) is 0 Å². The number of amides is 2. The van der Waals surface area contributed by atoms with Crippen molar-refractivity contribution in [3.8, 4) is 0 Å². The number of carbonyl (C=O) groups is 2. The van der Waals surface area contributed by atoms with Crippen molar-refractivity contribution < 1.29 is 14.0 Å². The number of anilines is 3. The molecule has 1 aliphatic rings. The predicted molar refractivity (Wildman–Crippen MR) is 126 cm³/mol. The monoisotopic (exact) mass is 429 g/mol. The van der Waals surface area contributed by atoms with Gasteiger partial charge in [-0.2, -0.15) is 0 Å². The number of nitrogens with zero attached hydrogens (tertiary/aromatic N) is 2. The number of rotatable bonds is 7. The molecular weight excluding hydrogens is 405 g/mol. The summed E-state index contributed by atoms with van der Waals surface area (Å²) in [5.74, 6) is -1.36. The minimum absolute atomic E-state index is 0.195. The maximum atomic E-state index is 13.4. The van der Waals surface area contributed by atoms with Gasteiger partial charge in [-0.15, -0.1) is 0 Å². The largest absolute Gasteiger partial charge is 0.372 e. The first kappa shape index (κ1) is 21.3. The molecule has 0 fully saturated rings. The first-order chi connectivity index (χ1) is 15.5. The molecule has 1 N–H and O–H groups in total. The highest BCUT2D eigenvalue weighted by Crippen LogP contribution is 2.34. The lowest BCUT2D eigenvalue weighted by Gasteiger charge is -2.21. The van der Waals surface area contributed by atoms with Crippen molar-refractivity contribution in [2.75, 3.05) is 28.2 Å². The molecule has 0 saturated carbocycles. The van der Waals surface area contributed by atoms with Gasteiger partial charge in [-0.1, -0.05) is 30.3 Å². The average Bonchev–Trinajstić information content (AvgIpc) is 3.06. The Morgan fingerprint density at radius 1 is 0.812 bits per heavy atom. The van der Waals surface area contributed by atoms with Crippen molar-refractivity contribution in [1.82, 2.24) is 0 Å². The summed E-state index contributed by atoms with van der Waals surface area (Å²) < 4.78 is 13.4. The van der Waals surface area contributed by atoms with Crippen molar-refractivity contribution in [2.24, 2.45) is 0 Å². The highest BCUT2D eigenvalue weighted by atomic mass is 19.1. The Hall–Kier alpha value is -3.93. The molecule has 32 heavy (non-hydrogen) atoms. The van der Waals surface area contributed by atoms with Crippen LogP contribution >= 0.6 is 0 Å². The molecule has 0 atom stereocenters. The third kappa shape index (κ3) is 3.99. The van der Waals surface area contributed by atoms with Crippen LogP contribution in [-0.2, 0) is 9.59 Å². The summed E-state index contributed by atoms with van der Waals surface area (Å²) in [5.41, 5.74) is 3.22. The van der Waals surface area contributed by atoms with Gasteiger partial charge >= 0.3 is 0 Å². The summed E-state index contributed by atoms with van der Waals surface area (Å²) in [4.78, 5) is 30.0. The van der Waals surface area contributed by atoms with Crippen molar-refractivity contribution >= 4 is 34.4 Å². The molecule has 2 amide bonds. The zero-order valence-electron chi connectivity index (χ0n) is 18.0. The highest BCUT2D eigenvalue weighted by molar-refractivity contribution is 6.46. The Balaban J connectivity index is 1.72. The fraction of sp³-hybridized carbons (Fsp3) is 0.154. The van der Waals surface area contributed by atoms with Gasteiger partial charge in [0, 0.05) is 24.5 Å².